The Kier molecular flexibility index (Phi) is 4.80. The van der Waals surface area contributed by atoms with Gasteiger partial charge in [-0.1, -0.05) is 5.57 Å². The Labute approximate surface area is 105 Å². The second kappa shape index (κ2) is 6.34. The summed E-state index contributed by atoms with van der Waals surface area (Å²) < 4.78 is 4.80. The molecule has 0 atom stereocenters. The number of rotatable bonds is 4. The lowest BCUT2D eigenvalue weighted by molar-refractivity contribution is -0.384. The minimum Gasteiger partial charge on any atom is -0.431 e. The summed E-state index contributed by atoms with van der Waals surface area (Å²) in [5.74, 6) is -0.451. The van der Waals surface area contributed by atoms with Crippen LogP contribution >= 0.6 is 0 Å². The monoisotopic (exact) mass is 247 g/mol. The highest BCUT2D eigenvalue weighted by Crippen LogP contribution is 2.12. The minimum atomic E-state index is -0.470. The first-order valence-corrected chi connectivity index (χ1v) is 5.25. The summed E-state index contributed by atoms with van der Waals surface area (Å²) in [5, 5.41) is 10.4. The minimum absolute atomic E-state index is 0.0219. The maximum Gasteiger partial charge on any atom is 0.335 e. The standard InChI is InChI=1S/C13H13NO4/c1-10(2)9-13(15)18-8-7-11-3-5-12(6-4-11)14(16)17/h3-9H,1-2H3/b8-7-. The first-order valence-electron chi connectivity index (χ1n) is 5.25. The number of ether oxygens (including phenoxy) is 1. The van der Waals surface area contributed by atoms with Crippen LogP contribution in [0.5, 0.6) is 0 Å². The van der Waals surface area contributed by atoms with Crippen LogP contribution in [-0.2, 0) is 9.53 Å². The average molecular weight is 247 g/mol. The first kappa shape index (κ1) is 13.6. The fraction of sp³-hybridized carbons (Fsp3) is 0.154. The summed E-state index contributed by atoms with van der Waals surface area (Å²) in [6.07, 6.45) is 4.18. The molecule has 94 valence electrons. The second-order valence-corrected chi connectivity index (χ2v) is 3.81. The summed E-state index contributed by atoms with van der Waals surface area (Å²) in [6.45, 7) is 3.59. The van der Waals surface area contributed by atoms with Crippen molar-refractivity contribution in [1.29, 1.82) is 0 Å². The van der Waals surface area contributed by atoms with E-state index in [1.54, 1.807) is 32.1 Å². The molecule has 0 bridgehead atoms. The summed E-state index contributed by atoms with van der Waals surface area (Å²) in [5.41, 5.74) is 1.59. The largest absolute Gasteiger partial charge is 0.431 e. The molecular formula is C13H13NO4. The fourth-order valence-electron chi connectivity index (χ4n) is 1.16. The Morgan fingerprint density at radius 2 is 1.89 bits per heavy atom. The molecule has 0 aliphatic carbocycles. The molecule has 0 heterocycles. The highest BCUT2D eigenvalue weighted by atomic mass is 16.6. The van der Waals surface area contributed by atoms with Crippen LogP contribution in [0.1, 0.15) is 19.4 Å². The fourth-order valence-corrected chi connectivity index (χ4v) is 1.16. The number of non-ortho nitro benzene ring substituents is 1. The normalized spacial score (nSPS) is 10.1. The van der Waals surface area contributed by atoms with Gasteiger partial charge >= 0.3 is 5.97 Å². The Morgan fingerprint density at radius 1 is 1.28 bits per heavy atom. The lowest BCUT2D eigenvalue weighted by atomic mass is 10.2. The molecular weight excluding hydrogens is 234 g/mol. The summed E-state index contributed by atoms with van der Waals surface area (Å²) in [6, 6.07) is 5.92. The van der Waals surface area contributed by atoms with E-state index in [4.69, 9.17) is 4.74 Å². The van der Waals surface area contributed by atoms with Crippen molar-refractivity contribution in [2.24, 2.45) is 0 Å². The maximum atomic E-state index is 11.1. The molecule has 1 rings (SSSR count). The van der Waals surface area contributed by atoms with Crippen molar-refractivity contribution in [3.05, 3.63) is 57.9 Å². The van der Waals surface area contributed by atoms with E-state index in [-0.39, 0.29) is 5.69 Å². The third kappa shape index (κ3) is 4.61. The van der Waals surface area contributed by atoms with Crippen LogP contribution in [0.4, 0.5) is 5.69 Å². The van der Waals surface area contributed by atoms with Gasteiger partial charge in [0.1, 0.15) is 0 Å². The van der Waals surface area contributed by atoms with Gasteiger partial charge in [-0.2, -0.15) is 0 Å². The van der Waals surface area contributed by atoms with E-state index < -0.39 is 10.9 Å². The van der Waals surface area contributed by atoms with Crippen molar-refractivity contribution in [3.63, 3.8) is 0 Å². The molecule has 0 N–H and O–H groups in total. The third-order valence-corrected chi connectivity index (χ3v) is 1.96. The predicted octanol–water partition coefficient (Wildman–Crippen LogP) is 3.07. The van der Waals surface area contributed by atoms with Gasteiger partial charge in [-0.25, -0.2) is 4.79 Å². The third-order valence-electron chi connectivity index (χ3n) is 1.96. The Morgan fingerprint density at radius 3 is 2.39 bits per heavy atom. The van der Waals surface area contributed by atoms with Gasteiger partial charge in [0.05, 0.1) is 11.2 Å². The number of nitrogens with zero attached hydrogens (tertiary/aromatic N) is 1. The molecule has 0 aromatic heterocycles. The summed E-state index contributed by atoms with van der Waals surface area (Å²) >= 11 is 0. The number of benzene rings is 1. The van der Waals surface area contributed by atoms with Gasteiger partial charge in [0.15, 0.2) is 0 Å². The van der Waals surface area contributed by atoms with Gasteiger partial charge in [-0.15, -0.1) is 0 Å². The van der Waals surface area contributed by atoms with E-state index in [0.29, 0.717) is 5.56 Å². The van der Waals surface area contributed by atoms with Gasteiger partial charge in [-0.3, -0.25) is 10.1 Å². The molecule has 0 saturated carbocycles. The Hall–Kier alpha value is -2.43. The molecule has 5 heteroatoms. The summed E-state index contributed by atoms with van der Waals surface area (Å²) in [4.78, 5) is 21.1. The van der Waals surface area contributed by atoms with E-state index >= 15 is 0 Å². The van der Waals surface area contributed by atoms with Crippen LogP contribution in [0.2, 0.25) is 0 Å². The molecule has 0 spiro atoms. The Balaban J connectivity index is 2.60. The molecule has 5 nitrogen and oxygen atoms in total. The molecule has 0 aliphatic heterocycles. The van der Waals surface area contributed by atoms with Crippen molar-refractivity contribution >= 4 is 17.7 Å². The van der Waals surface area contributed by atoms with Gasteiger partial charge in [0.25, 0.3) is 5.69 Å². The van der Waals surface area contributed by atoms with Gasteiger partial charge in [0, 0.05) is 18.2 Å². The molecule has 0 amide bonds. The van der Waals surface area contributed by atoms with Gasteiger partial charge < -0.3 is 4.74 Å². The highest BCUT2D eigenvalue weighted by molar-refractivity contribution is 5.83. The number of hydrogen-bond acceptors (Lipinski definition) is 4. The van der Waals surface area contributed by atoms with Crippen molar-refractivity contribution in [2.75, 3.05) is 0 Å². The molecule has 0 saturated heterocycles. The van der Waals surface area contributed by atoms with E-state index in [1.807, 2.05) is 0 Å². The van der Waals surface area contributed by atoms with Crippen LogP contribution in [-0.4, -0.2) is 10.9 Å². The van der Waals surface area contributed by atoms with E-state index in [0.717, 1.165) is 5.57 Å². The molecule has 0 aliphatic rings. The zero-order chi connectivity index (χ0) is 13.5. The average Bonchev–Trinajstić information content (AvgIpc) is 2.28. The zero-order valence-electron chi connectivity index (χ0n) is 10.1. The zero-order valence-corrected chi connectivity index (χ0v) is 10.1. The Bertz CT molecular complexity index is 496. The van der Waals surface area contributed by atoms with Crippen molar-refractivity contribution in [2.45, 2.75) is 13.8 Å². The smallest absolute Gasteiger partial charge is 0.335 e. The molecule has 0 radical (unpaired) electrons. The number of esters is 1. The number of allylic oxidation sites excluding steroid dienone is 1. The quantitative estimate of drug-likeness (QED) is 0.269. The number of nitro benzene ring substituents is 1. The SMILES string of the molecule is CC(C)=CC(=O)O/C=C\c1ccc([N+](=O)[O-])cc1. The van der Waals surface area contributed by atoms with Crippen LogP contribution < -0.4 is 0 Å². The molecule has 0 unspecified atom stereocenters. The molecule has 0 fully saturated rings. The molecule has 18 heavy (non-hydrogen) atoms. The van der Waals surface area contributed by atoms with Gasteiger partial charge in [0.2, 0.25) is 0 Å². The van der Waals surface area contributed by atoms with Crippen LogP contribution in [0, 0.1) is 10.1 Å². The van der Waals surface area contributed by atoms with Crippen LogP contribution in [0.3, 0.4) is 0 Å². The summed E-state index contributed by atoms with van der Waals surface area (Å²) in [7, 11) is 0. The number of nitro groups is 1. The number of carbonyl (C=O) groups excluding carboxylic acids is 1. The number of carbonyl (C=O) groups is 1. The topological polar surface area (TPSA) is 69.4 Å². The van der Waals surface area contributed by atoms with Gasteiger partial charge in [-0.05, 0) is 37.6 Å². The first-order chi connectivity index (χ1) is 8.49. The second-order valence-electron chi connectivity index (χ2n) is 3.81. The molecule has 1 aromatic carbocycles. The van der Waals surface area contributed by atoms with E-state index in [2.05, 4.69) is 0 Å². The van der Waals surface area contributed by atoms with Crippen molar-refractivity contribution in [3.8, 4) is 0 Å². The lowest BCUT2D eigenvalue weighted by Crippen LogP contribution is -1.94. The van der Waals surface area contributed by atoms with Crippen molar-refractivity contribution < 1.29 is 14.5 Å². The van der Waals surface area contributed by atoms with Crippen LogP contribution in [0.15, 0.2) is 42.2 Å². The number of hydrogen-bond donors (Lipinski definition) is 0. The van der Waals surface area contributed by atoms with Crippen LogP contribution in [0.25, 0.3) is 6.08 Å². The maximum absolute atomic E-state index is 11.1. The highest BCUT2D eigenvalue weighted by Gasteiger charge is 2.02. The molecule has 1 aromatic rings. The van der Waals surface area contributed by atoms with E-state index in [9.17, 15) is 14.9 Å². The van der Waals surface area contributed by atoms with E-state index in [1.165, 1.54) is 24.5 Å². The predicted molar refractivity (Wildman–Crippen MR) is 67.7 cm³/mol. The van der Waals surface area contributed by atoms with Crippen molar-refractivity contribution in [1.82, 2.24) is 0 Å². The lowest BCUT2D eigenvalue weighted by Gasteiger charge is -1.95.